The smallest absolute Gasteiger partial charge is 0.236 e. The van der Waals surface area contributed by atoms with Crippen LogP contribution >= 0.6 is 0 Å². The maximum atomic E-state index is 11.5. The van der Waals surface area contributed by atoms with Gasteiger partial charge < -0.3 is 5.73 Å². The fourth-order valence-corrected chi connectivity index (χ4v) is 1.61. The normalized spacial score (nSPS) is 12.6. The van der Waals surface area contributed by atoms with Crippen molar-refractivity contribution in [1.29, 1.82) is 0 Å². The first kappa shape index (κ1) is 12.7. The number of nitrogens with zero attached hydrogens (tertiary/aromatic N) is 1. The van der Waals surface area contributed by atoms with Crippen LogP contribution in [0.15, 0.2) is 24.3 Å². The molecule has 88 valence electrons. The van der Waals surface area contributed by atoms with Crippen LogP contribution < -0.4 is 11.2 Å². The number of amides is 1. The summed E-state index contributed by atoms with van der Waals surface area (Å²) in [6, 6.07) is 7.61. The van der Waals surface area contributed by atoms with E-state index in [1.54, 1.807) is 19.1 Å². The number of nitrogens with one attached hydrogen (secondary N) is 1. The molecule has 0 fully saturated rings. The van der Waals surface area contributed by atoms with Crippen LogP contribution in [0.2, 0.25) is 0 Å². The summed E-state index contributed by atoms with van der Waals surface area (Å²) in [5, 5.41) is 1.62. The number of hydrazine groups is 1. The summed E-state index contributed by atoms with van der Waals surface area (Å²) in [7, 11) is 3.55. The van der Waals surface area contributed by atoms with Crippen molar-refractivity contribution in [2.24, 2.45) is 5.73 Å². The van der Waals surface area contributed by atoms with Gasteiger partial charge in [-0.15, -0.1) is 0 Å². The molecule has 0 aliphatic heterocycles. The van der Waals surface area contributed by atoms with Gasteiger partial charge in [0.15, 0.2) is 0 Å². The second kappa shape index (κ2) is 5.63. The van der Waals surface area contributed by atoms with Crippen LogP contribution in [-0.2, 0) is 4.79 Å². The maximum absolute atomic E-state index is 11.5. The highest BCUT2D eigenvalue weighted by Crippen LogP contribution is 2.17. The Morgan fingerprint density at radius 1 is 1.44 bits per heavy atom. The highest BCUT2D eigenvalue weighted by molar-refractivity contribution is 5.76. The van der Waals surface area contributed by atoms with Crippen LogP contribution in [0.1, 0.15) is 23.6 Å². The standard InChI is InChI=1S/C12H19N3O/c1-9-6-4-5-7-10(9)11(13)8-12(16)14-15(2)3/h4-7,11H,8,13H2,1-3H3,(H,14,16). The molecule has 0 saturated carbocycles. The van der Waals surface area contributed by atoms with Crippen molar-refractivity contribution in [2.45, 2.75) is 19.4 Å². The largest absolute Gasteiger partial charge is 0.324 e. The van der Waals surface area contributed by atoms with Gasteiger partial charge >= 0.3 is 0 Å². The molecular formula is C12H19N3O. The zero-order valence-corrected chi connectivity index (χ0v) is 10.0. The Balaban J connectivity index is 2.62. The van der Waals surface area contributed by atoms with E-state index in [0.717, 1.165) is 11.1 Å². The van der Waals surface area contributed by atoms with Gasteiger partial charge in [0.2, 0.25) is 5.91 Å². The number of hydrogen-bond donors (Lipinski definition) is 2. The summed E-state index contributed by atoms with van der Waals surface area (Å²) in [5.41, 5.74) is 10.8. The molecule has 1 unspecified atom stereocenters. The number of benzene rings is 1. The minimum atomic E-state index is -0.249. The summed E-state index contributed by atoms with van der Waals surface area (Å²) in [4.78, 5) is 11.5. The van der Waals surface area contributed by atoms with Crippen molar-refractivity contribution >= 4 is 5.91 Å². The molecule has 16 heavy (non-hydrogen) atoms. The average Bonchev–Trinajstić information content (AvgIpc) is 2.16. The molecule has 3 N–H and O–H groups in total. The number of rotatable bonds is 4. The number of carbonyl (C=O) groups excluding carboxylic acids is 1. The van der Waals surface area contributed by atoms with E-state index in [1.165, 1.54) is 0 Å². The minimum Gasteiger partial charge on any atom is -0.324 e. The SMILES string of the molecule is Cc1ccccc1C(N)CC(=O)NN(C)C. The van der Waals surface area contributed by atoms with Crippen molar-refractivity contribution in [2.75, 3.05) is 14.1 Å². The van der Waals surface area contributed by atoms with E-state index >= 15 is 0 Å². The first-order valence-corrected chi connectivity index (χ1v) is 5.28. The number of hydrogen-bond acceptors (Lipinski definition) is 3. The molecule has 0 aliphatic rings. The summed E-state index contributed by atoms with van der Waals surface area (Å²) in [6.45, 7) is 2.00. The van der Waals surface area contributed by atoms with Crippen molar-refractivity contribution < 1.29 is 4.79 Å². The first-order valence-electron chi connectivity index (χ1n) is 5.28. The Hall–Kier alpha value is -1.39. The van der Waals surface area contributed by atoms with E-state index in [0.29, 0.717) is 6.42 Å². The lowest BCUT2D eigenvalue weighted by atomic mass is 9.99. The highest BCUT2D eigenvalue weighted by Gasteiger charge is 2.13. The van der Waals surface area contributed by atoms with Gasteiger partial charge in [-0.3, -0.25) is 10.2 Å². The Bertz CT molecular complexity index is 363. The summed E-state index contributed by atoms with van der Waals surface area (Å²) in [6.07, 6.45) is 0.295. The van der Waals surface area contributed by atoms with Gasteiger partial charge in [-0.25, -0.2) is 5.01 Å². The molecule has 0 spiro atoms. The van der Waals surface area contributed by atoms with Gasteiger partial charge in [-0.2, -0.15) is 0 Å². The molecular weight excluding hydrogens is 202 g/mol. The Morgan fingerprint density at radius 3 is 2.62 bits per heavy atom. The monoisotopic (exact) mass is 221 g/mol. The number of aryl methyl sites for hydroxylation is 1. The lowest BCUT2D eigenvalue weighted by molar-refractivity contribution is -0.125. The number of carbonyl (C=O) groups is 1. The van der Waals surface area contributed by atoms with Crippen molar-refractivity contribution in [3.05, 3.63) is 35.4 Å². The Morgan fingerprint density at radius 2 is 2.06 bits per heavy atom. The van der Waals surface area contributed by atoms with Crippen LogP contribution in [0.4, 0.5) is 0 Å². The molecule has 0 aromatic heterocycles. The van der Waals surface area contributed by atoms with Crippen molar-refractivity contribution in [3.63, 3.8) is 0 Å². The maximum Gasteiger partial charge on any atom is 0.236 e. The molecule has 1 rings (SSSR count). The topological polar surface area (TPSA) is 58.4 Å². The van der Waals surface area contributed by atoms with E-state index in [2.05, 4.69) is 5.43 Å². The average molecular weight is 221 g/mol. The lowest BCUT2D eigenvalue weighted by Gasteiger charge is -2.16. The summed E-state index contributed by atoms with van der Waals surface area (Å²) < 4.78 is 0. The van der Waals surface area contributed by atoms with E-state index in [1.807, 2.05) is 31.2 Å². The van der Waals surface area contributed by atoms with Gasteiger partial charge in [0.1, 0.15) is 0 Å². The quantitative estimate of drug-likeness (QED) is 0.745. The predicted molar refractivity (Wildman–Crippen MR) is 64.6 cm³/mol. The molecule has 0 heterocycles. The van der Waals surface area contributed by atoms with Gasteiger partial charge in [0.05, 0.1) is 0 Å². The van der Waals surface area contributed by atoms with Crippen LogP contribution in [0.25, 0.3) is 0 Å². The molecule has 1 atom stereocenters. The molecule has 1 aromatic rings. The molecule has 0 radical (unpaired) electrons. The first-order chi connectivity index (χ1) is 7.50. The molecule has 1 aromatic carbocycles. The van der Waals surface area contributed by atoms with Crippen molar-refractivity contribution in [3.8, 4) is 0 Å². The van der Waals surface area contributed by atoms with E-state index in [9.17, 15) is 4.79 Å². The van der Waals surface area contributed by atoms with Crippen LogP contribution in [0.5, 0.6) is 0 Å². The third-order valence-corrected chi connectivity index (χ3v) is 2.34. The zero-order chi connectivity index (χ0) is 12.1. The van der Waals surface area contributed by atoms with E-state index in [4.69, 9.17) is 5.73 Å². The molecule has 4 nitrogen and oxygen atoms in total. The van der Waals surface area contributed by atoms with Crippen LogP contribution in [0, 0.1) is 6.92 Å². The Kier molecular flexibility index (Phi) is 4.46. The van der Waals surface area contributed by atoms with Gasteiger partial charge in [0, 0.05) is 26.6 Å². The molecule has 0 aliphatic carbocycles. The lowest BCUT2D eigenvalue weighted by Crippen LogP contribution is -2.37. The molecule has 4 heteroatoms. The summed E-state index contributed by atoms with van der Waals surface area (Å²) in [5.74, 6) is -0.0687. The Labute approximate surface area is 96.4 Å². The third kappa shape index (κ3) is 3.64. The molecule has 0 saturated heterocycles. The van der Waals surface area contributed by atoms with Crippen LogP contribution in [0.3, 0.4) is 0 Å². The van der Waals surface area contributed by atoms with Gasteiger partial charge in [-0.1, -0.05) is 24.3 Å². The third-order valence-electron chi connectivity index (χ3n) is 2.34. The zero-order valence-electron chi connectivity index (χ0n) is 10.0. The van der Waals surface area contributed by atoms with E-state index in [-0.39, 0.29) is 11.9 Å². The van der Waals surface area contributed by atoms with Gasteiger partial charge in [0.25, 0.3) is 0 Å². The van der Waals surface area contributed by atoms with Crippen molar-refractivity contribution in [1.82, 2.24) is 10.4 Å². The predicted octanol–water partition coefficient (Wildman–Crippen LogP) is 0.978. The number of nitrogens with two attached hydrogens (primary N) is 1. The summed E-state index contributed by atoms with van der Waals surface area (Å²) >= 11 is 0. The van der Waals surface area contributed by atoms with Crippen LogP contribution in [-0.4, -0.2) is 25.0 Å². The fraction of sp³-hybridized carbons (Fsp3) is 0.417. The fourth-order valence-electron chi connectivity index (χ4n) is 1.61. The molecule has 0 bridgehead atoms. The molecule has 1 amide bonds. The minimum absolute atomic E-state index is 0.0687. The second-order valence-corrected chi connectivity index (χ2v) is 4.10. The van der Waals surface area contributed by atoms with Gasteiger partial charge in [-0.05, 0) is 18.1 Å². The second-order valence-electron chi connectivity index (χ2n) is 4.10. The highest BCUT2D eigenvalue weighted by atomic mass is 16.2. The van der Waals surface area contributed by atoms with E-state index < -0.39 is 0 Å².